The molecular formula is C16H33NO2. The molecular weight excluding hydrogens is 238 g/mol. The number of hydrogen-bond acceptors (Lipinski definition) is 2. The summed E-state index contributed by atoms with van der Waals surface area (Å²) in [6, 6.07) is 0.270. The summed E-state index contributed by atoms with van der Waals surface area (Å²) in [6.07, 6.45) is 9.17. The molecule has 0 spiro atoms. The van der Waals surface area contributed by atoms with Crippen LogP contribution in [0.5, 0.6) is 0 Å². The molecule has 0 radical (unpaired) electrons. The summed E-state index contributed by atoms with van der Waals surface area (Å²) in [5.74, 6) is 0. The maximum atomic E-state index is 11.8. The number of carbonyl (C=O) groups excluding carboxylic acids is 1. The van der Waals surface area contributed by atoms with Crippen molar-refractivity contribution in [3.63, 3.8) is 0 Å². The van der Waals surface area contributed by atoms with Gasteiger partial charge in [0.05, 0.1) is 0 Å². The van der Waals surface area contributed by atoms with E-state index in [-0.39, 0.29) is 12.1 Å². The van der Waals surface area contributed by atoms with Gasteiger partial charge < -0.3 is 10.1 Å². The molecule has 0 bridgehead atoms. The second kappa shape index (κ2) is 10.1. The Bertz CT molecular complexity index is 233. The van der Waals surface area contributed by atoms with Crippen LogP contribution < -0.4 is 5.32 Å². The molecule has 1 amide bonds. The first-order valence-corrected chi connectivity index (χ1v) is 7.88. The van der Waals surface area contributed by atoms with Gasteiger partial charge in [0.1, 0.15) is 5.60 Å². The molecule has 0 saturated carbocycles. The molecule has 19 heavy (non-hydrogen) atoms. The number of carbonyl (C=O) groups is 1. The van der Waals surface area contributed by atoms with Crippen LogP contribution in [0.3, 0.4) is 0 Å². The molecule has 0 aliphatic rings. The number of nitrogens with one attached hydrogen (secondary N) is 1. The van der Waals surface area contributed by atoms with Crippen molar-refractivity contribution in [1.82, 2.24) is 5.32 Å². The van der Waals surface area contributed by atoms with Gasteiger partial charge in [-0.15, -0.1) is 0 Å². The topological polar surface area (TPSA) is 38.3 Å². The lowest BCUT2D eigenvalue weighted by molar-refractivity contribution is 0.0498. The van der Waals surface area contributed by atoms with E-state index in [1.165, 1.54) is 32.1 Å². The van der Waals surface area contributed by atoms with Crippen LogP contribution in [-0.2, 0) is 4.74 Å². The van der Waals surface area contributed by atoms with Gasteiger partial charge in [-0.05, 0) is 33.6 Å². The SMILES string of the molecule is CCCCCCC(CCCC)NC(=O)OC(C)(C)C. The number of alkyl carbamates (subject to hydrolysis) is 1. The van der Waals surface area contributed by atoms with Crippen LogP contribution in [0.2, 0.25) is 0 Å². The standard InChI is InChI=1S/C16H33NO2/c1-6-8-10-11-13-14(12-9-7-2)17-15(18)19-16(3,4)5/h14H,6-13H2,1-5H3,(H,17,18). The average molecular weight is 271 g/mol. The summed E-state index contributed by atoms with van der Waals surface area (Å²) in [6.45, 7) is 10.1. The van der Waals surface area contributed by atoms with Gasteiger partial charge in [0.25, 0.3) is 0 Å². The predicted molar refractivity (Wildman–Crippen MR) is 81.4 cm³/mol. The highest BCUT2D eigenvalue weighted by Gasteiger charge is 2.18. The molecule has 0 aliphatic heterocycles. The molecule has 0 saturated heterocycles. The molecule has 114 valence electrons. The van der Waals surface area contributed by atoms with E-state index in [1.54, 1.807) is 0 Å². The lowest BCUT2D eigenvalue weighted by Crippen LogP contribution is -2.39. The van der Waals surface area contributed by atoms with Gasteiger partial charge in [-0.1, -0.05) is 52.4 Å². The molecule has 3 nitrogen and oxygen atoms in total. The first kappa shape index (κ1) is 18.3. The molecule has 0 aromatic rings. The van der Waals surface area contributed by atoms with Crippen molar-refractivity contribution in [2.75, 3.05) is 0 Å². The average Bonchev–Trinajstić information content (AvgIpc) is 2.28. The van der Waals surface area contributed by atoms with Gasteiger partial charge in [-0.3, -0.25) is 0 Å². The first-order chi connectivity index (χ1) is 8.89. The van der Waals surface area contributed by atoms with Gasteiger partial charge >= 0.3 is 6.09 Å². The lowest BCUT2D eigenvalue weighted by Gasteiger charge is -2.23. The van der Waals surface area contributed by atoms with Crippen molar-refractivity contribution in [1.29, 1.82) is 0 Å². The number of amides is 1. The molecule has 0 aromatic heterocycles. The van der Waals surface area contributed by atoms with E-state index in [2.05, 4.69) is 19.2 Å². The Kier molecular flexibility index (Phi) is 9.72. The molecule has 1 N–H and O–H groups in total. The zero-order valence-corrected chi connectivity index (χ0v) is 13.6. The zero-order chi connectivity index (χ0) is 14.7. The highest BCUT2D eigenvalue weighted by atomic mass is 16.6. The number of rotatable bonds is 9. The van der Waals surface area contributed by atoms with Crippen LogP contribution >= 0.6 is 0 Å². The first-order valence-electron chi connectivity index (χ1n) is 7.88. The Hall–Kier alpha value is -0.730. The van der Waals surface area contributed by atoms with Crippen molar-refractivity contribution in [2.45, 2.75) is 97.6 Å². The van der Waals surface area contributed by atoms with Crippen LogP contribution in [0.1, 0.15) is 86.0 Å². The fourth-order valence-corrected chi connectivity index (χ4v) is 2.03. The minimum absolute atomic E-state index is 0.270. The van der Waals surface area contributed by atoms with E-state index < -0.39 is 5.60 Å². The Morgan fingerprint density at radius 1 is 1.00 bits per heavy atom. The Morgan fingerprint density at radius 3 is 2.11 bits per heavy atom. The Morgan fingerprint density at radius 2 is 1.58 bits per heavy atom. The van der Waals surface area contributed by atoms with Crippen LogP contribution in [-0.4, -0.2) is 17.7 Å². The fourth-order valence-electron chi connectivity index (χ4n) is 2.03. The van der Waals surface area contributed by atoms with E-state index in [0.29, 0.717) is 0 Å². The summed E-state index contributed by atoms with van der Waals surface area (Å²) in [5.41, 5.74) is -0.415. The Labute approximate surface area is 119 Å². The van der Waals surface area contributed by atoms with Gasteiger partial charge in [0, 0.05) is 6.04 Å². The molecule has 0 aliphatic carbocycles. The largest absolute Gasteiger partial charge is 0.444 e. The van der Waals surface area contributed by atoms with Gasteiger partial charge in [-0.2, -0.15) is 0 Å². The molecule has 0 heterocycles. The summed E-state index contributed by atoms with van der Waals surface area (Å²) >= 11 is 0. The minimum atomic E-state index is -0.415. The lowest BCUT2D eigenvalue weighted by atomic mass is 10.0. The zero-order valence-electron chi connectivity index (χ0n) is 13.6. The third-order valence-electron chi connectivity index (χ3n) is 3.03. The van der Waals surface area contributed by atoms with Crippen molar-refractivity contribution >= 4 is 6.09 Å². The van der Waals surface area contributed by atoms with Crippen LogP contribution in [0.15, 0.2) is 0 Å². The molecule has 0 fully saturated rings. The highest BCUT2D eigenvalue weighted by Crippen LogP contribution is 2.13. The van der Waals surface area contributed by atoms with Crippen LogP contribution in [0, 0.1) is 0 Å². The van der Waals surface area contributed by atoms with Crippen molar-refractivity contribution in [3.8, 4) is 0 Å². The van der Waals surface area contributed by atoms with E-state index in [9.17, 15) is 4.79 Å². The van der Waals surface area contributed by atoms with E-state index >= 15 is 0 Å². The summed E-state index contributed by atoms with van der Waals surface area (Å²) in [5, 5.41) is 3.02. The second-order valence-corrected chi connectivity index (χ2v) is 6.33. The third kappa shape index (κ3) is 12.1. The summed E-state index contributed by atoms with van der Waals surface area (Å²) in [4.78, 5) is 11.8. The second-order valence-electron chi connectivity index (χ2n) is 6.33. The van der Waals surface area contributed by atoms with Crippen molar-refractivity contribution in [2.24, 2.45) is 0 Å². The van der Waals surface area contributed by atoms with Crippen molar-refractivity contribution < 1.29 is 9.53 Å². The van der Waals surface area contributed by atoms with Crippen LogP contribution in [0.25, 0.3) is 0 Å². The van der Waals surface area contributed by atoms with E-state index in [0.717, 1.165) is 19.3 Å². The predicted octanol–water partition coefficient (Wildman–Crippen LogP) is 5.04. The fraction of sp³-hybridized carbons (Fsp3) is 0.938. The normalized spacial score (nSPS) is 13.1. The third-order valence-corrected chi connectivity index (χ3v) is 3.03. The smallest absolute Gasteiger partial charge is 0.407 e. The monoisotopic (exact) mass is 271 g/mol. The van der Waals surface area contributed by atoms with E-state index in [1.807, 2.05) is 20.8 Å². The highest BCUT2D eigenvalue weighted by molar-refractivity contribution is 5.68. The molecule has 1 atom stereocenters. The molecule has 0 aromatic carbocycles. The van der Waals surface area contributed by atoms with Gasteiger partial charge in [0.2, 0.25) is 0 Å². The molecule has 1 unspecified atom stereocenters. The number of ether oxygens (including phenoxy) is 1. The van der Waals surface area contributed by atoms with E-state index in [4.69, 9.17) is 4.74 Å². The maximum Gasteiger partial charge on any atom is 0.407 e. The number of unbranched alkanes of at least 4 members (excludes halogenated alkanes) is 4. The summed E-state index contributed by atoms with van der Waals surface area (Å²) < 4.78 is 5.33. The van der Waals surface area contributed by atoms with Crippen LogP contribution in [0.4, 0.5) is 4.79 Å². The minimum Gasteiger partial charge on any atom is -0.444 e. The molecule has 0 rings (SSSR count). The maximum absolute atomic E-state index is 11.8. The van der Waals surface area contributed by atoms with Gasteiger partial charge in [-0.25, -0.2) is 4.79 Å². The van der Waals surface area contributed by atoms with Gasteiger partial charge in [0.15, 0.2) is 0 Å². The number of hydrogen-bond donors (Lipinski definition) is 1. The summed E-state index contributed by atoms with van der Waals surface area (Å²) in [7, 11) is 0. The quantitative estimate of drug-likeness (QED) is 0.597. The Balaban J connectivity index is 4.06. The molecule has 3 heteroatoms. The van der Waals surface area contributed by atoms with Crippen molar-refractivity contribution in [3.05, 3.63) is 0 Å².